The van der Waals surface area contributed by atoms with Gasteiger partial charge < -0.3 is 25.0 Å². The highest BCUT2D eigenvalue weighted by atomic mass is 35.6. The minimum Gasteiger partial charge on any atom is -0.396 e. The largest absolute Gasteiger partial charge is 0.396 e. The summed E-state index contributed by atoms with van der Waals surface area (Å²) in [5.41, 5.74) is 5.62. The zero-order valence-corrected chi connectivity index (χ0v) is 25.0. The molecule has 0 saturated carbocycles. The maximum absolute atomic E-state index is 11.9. The van der Waals surface area contributed by atoms with Crippen molar-refractivity contribution in [2.24, 2.45) is 5.92 Å². The normalized spacial score (nSPS) is 21.2. The molecule has 0 radical (unpaired) electrons. The van der Waals surface area contributed by atoms with E-state index in [2.05, 4.69) is 12.2 Å². The molecular formula is C30H32Cl3NO5S. The number of carbonyl (C=O) groups is 1. The van der Waals surface area contributed by atoms with Crippen LogP contribution in [-0.4, -0.2) is 44.1 Å². The molecule has 3 aromatic rings. The highest BCUT2D eigenvalue weighted by Gasteiger charge is 2.38. The van der Waals surface area contributed by atoms with Gasteiger partial charge >= 0.3 is 0 Å². The maximum Gasteiger partial charge on any atom is 0.272 e. The first-order valence-corrected chi connectivity index (χ1v) is 15.2. The first-order chi connectivity index (χ1) is 19.2. The summed E-state index contributed by atoms with van der Waals surface area (Å²) in [6.07, 6.45) is -0.821. The van der Waals surface area contributed by atoms with Crippen LogP contribution in [-0.2, 0) is 27.4 Å². The molecule has 4 rings (SSSR count). The number of rotatable bonds is 10. The third kappa shape index (κ3) is 8.14. The lowest BCUT2D eigenvalue weighted by atomic mass is 9.91. The summed E-state index contributed by atoms with van der Waals surface area (Å²) in [5.74, 6) is 0.804. The Labute approximate surface area is 253 Å². The van der Waals surface area contributed by atoms with Crippen molar-refractivity contribution in [2.45, 2.75) is 42.4 Å². The average molecular weight is 625 g/mol. The minimum absolute atomic E-state index is 0.00757. The first kappa shape index (κ1) is 31.1. The van der Waals surface area contributed by atoms with Gasteiger partial charge in [-0.3, -0.25) is 4.79 Å². The van der Waals surface area contributed by atoms with Gasteiger partial charge in [-0.1, -0.05) is 108 Å². The molecule has 1 heterocycles. The second kappa shape index (κ2) is 14.4. The summed E-state index contributed by atoms with van der Waals surface area (Å²) < 4.78 is 10.9. The Bertz CT molecular complexity index is 1250. The van der Waals surface area contributed by atoms with Crippen LogP contribution in [0.2, 0.25) is 0 Å². The van der Waals surface area contributed by atoms with Gasteiger partial charge in [0.1, 0.15) is 0 Å². The van der Waals surface area contributed by atoms with Crippen LogP contribution >= 0.6 is 46.6 Å². The molecule has 1 saturated heterocycles. The van der Waals surface area contributed by atoms with Crippen LogP contribution in [0.3, 0.4) is 0 Å². The molecule has 3 N–H and O–H groups in total. The summed E-state index contributed by atoms with van der Waals surface area (Å²) in [4.78, 5) is 11.9. The fourth-order valence-electron chi connectivity index (χ4n) is 4.55. The summed E-state index contributed by atoms with van der Waals surface area (Å²) in [6.45, 7) is 2.47. The van der Waals surface area contributed by atoms with Crippen LogP contribution in [0.4, 0.5) is 0 Å². The smallest absolute Gasteiger partial charge is 0.272 e. The number of benzene rings is 3. The lowest BCUT2D eigenvalue weighted by molar-refractivity contribution is -0.268. The van der Waals surface area contributed by atoms with Gasteiger partial charge in [0.15, 0.2) is 6.29 Å². The number of alkyl halides is 3. The fourth-order valence-corrected chi connectivity index (χ4v) is 5.66. The Balaban J connectivity index is 1.51. The number of amides is 1. The van der Waals surface area contributed by atoms with Crippen LogP contribution in [0.25, 0.3) is 11.1 Å². The molecule has 0 unspecified atom stereocenters. The quantitative estimate of drug-likeness (QED) is 0.180. The SMILES string of the molecule is C[C@@H]1[C@H](CSCCO)O[C@H](c2ccc(-c3cccc(CNC(=O)C(Cl)(Cl)Cl)c3)cc2)O[C@@H]1c1ccc(CO)cc1. The van der Waals surface area contributed by atoms with E-state index in [0.717, 1.165) is 39.1 Å². The molecule has 40 heavy (non-hydrogen) atoms. The Morgan fingerprint density at radius 1 is 0.925 bits per heavy atom. The van der Waals surface area contributed by atoms with Gasteiger partial charge in [-0.15, -0.1) is 0 Å². The van der Waals surface area contributed by atoms with E-state index in [-0.39, 0.29) is 37.9 Å². The summed E-state index contributed by atoms with van der Waals surface area (Å²) in [7, 11) is 0. The Hall–Kier alpha value is -1.81. The molecule has 3 aromatic carbocycles. The second-order valence-electron chi connectivity index (χ2n) is 9.62. The van der Waals surface area contributed by atoms with Gasteiger partial charge in [0.2, 0.25) is 0 Å². The topological polar surface area (TPSA) is 88.0 Å². The van der Waals surface area contributed by atoms with Gasteiger partial charge in [0, 0.05) is 29.5 Å². The van der Waals surface area contributed by atoms with Crippen molar-refractivity contribution in [2.75, 3.05) is 18.1 Å². The number of carbonyl (C=O) groups excluding carboxylic acids is 1. The van der Waals surface area contributed by atoms with Crippen LogP contribution < -0.4 is 5.32 Å². The van der Waals surface area contributed by atoms with E-state index >= 15 is 0 Å². The van der Waals surface area contributed by atoms with Crippen LogP contribution in [0.15, 0.2) is 72.8 Å². The molecule has 0 spiro atoms. The van der Waals surface area contributed by atoms with E-state index in [9.17, 15) is 15.0 Å². The Kier molecular flexibility index (Phi) is 11.2. The predicted molar refractivity (Wildman–Crippen MR) is 161 cm³/mol. The third-order valence-electron chi connectivity index (χ3n) is 6.79. The second-order valence-corrected chi connectivity index (χ2v) is 13.1. The van der Waals surface area contributed by atoms with Crippen LogP contribution in [0.5, 0.6) is 0 Å². The molecule has 4 atom stereocenters. The molecule has 0 aliphatic carbocycles. The highest BCUT2D eigenvalue weighted by Crippen LogP contribution is 2.42. The van der Waals surface area contributed by atoms with Crippen molar-refractivity contribution in [3.05, 3.63) is 95.1 Å². The molecule has 6 nitrogen and oxygen atoms in total. The van der Waals surface area contributed by atoms with Crippen molar-refractivity contribution in [1.29, 1.82) is 0 Å². The van der Waals surface area contributed by atoms with Gasteiger partial charge in [-0.05, 0) is 33.9 Å². The van der Waals surface area contributed by atoms with Crippen molar-refractivity contribution in [1.82, 2.24) is 5.32 Å². The number of ether oxygens (including phenoxy) is 2. The maximum atomic E-state index is 11.9. The molecule has 1 aliphatic heterocycles. The first-order valence-electron chi connectivity index (χ1n) is 12.9. The van der Waals surface area contributed by atoms with E-state index in [1.807, 2.05) is 72.8 Å². The highest BCUT2D eigenvalue weighted by molar-refractivity contribution is 7.99. The summed E-state index contributed by atoms with van der Waals surface area (Å²) >= 11 is 18.6. The summed E-state index contributed by atoms with van der Waals surface area (Å²) in [5, 5.41) is 21.3. The molecule has 0 bridgehead atoms. The minimum atomic E-state index is -2.01. The number of halogens is 3. The van der Waals surface area contributed by atoms with Gasteiger partial charge in [0.05, 0.1) is 25.4 Å². The fraction of sp³-hybridized carbons (Fsp3) is 0.367. The molecule has 1 fully saturated rings. The molecule has 214 valence electrons. The van der Waals surface area contributed by atoms with Crippen molar-refractivity contribution >= 4 is 52.5 Å². The molecule has 0 aromatic heterocycles. The number of aliphatic hydroxyl groups excluding tert-OH is 2. The summed E-state index contributed by atoms with van der Waals surface area (Å²) in [6, 6.07) is 23.6. The van der Waals surface area contributed by atoms with Gasteiger partial charge in [-0.2, -0.15) is 11.8 Å². The zero-order chi connectivity index (χ0) is 28.7. The average Bonchev–Trinajstić information content (AvgIpc) is 2.96. The Morgan fingerprint density at radius 2 is 1.62 bits per heavy atom. The molecule has 1 amide bonds. The molecule has 1 aliphatic rings. The lowest BCUT2D eigenvalue weighted by Gasteiger charge is -2.41. The van der Waals surface area contributed by atoms with E-state index in [4.69, 9.17) is 44.3 Å². The standard InChI is InChI=1S/C30H32Cl3NO5S/c1-19-26(18-40-14-13-35)38-28(39-27(19)23-7-5-20(17-36)6-8-23)24-11-9-22(10-12-24)25-4-2-3-21(15-25)16-34-29(37)30(31,32)33/h2-12,15,19,26-28,35-36H,13-14,16-18H2,1H3,(H,34,37)/t19-,26+,27+,28+/m1/s1. The van der Waals surface area contributed by atoms with Crippen molar-refractivity contribution < 1.29 is 24.5 Å². The van der Waals surface area contributed by atoms with E-state index < -0.39 is 16.0 Å². The number of aliphatic hydroxyl groups is 2. The number of nitrogens with one attached hydrogen (secondary N) is 1. The zero-order valence-electron chi connectivity index (χ0n) is 21.9. The predicted octanol–water partition coefficient (Wildman–Crippen LogP) is 6.35. The van der Waals surface area contributed by atoms with Gasteiger partial charge in [-0.25, -0.2) is 0 Å². The van der Waals surface area contributed by atoms with E-state index in [1.54, 1.807) is 11.8 Å². The van der Waals surface area contributed by atoms with Crippen LogP contribution in [0.1, 0.15) is 41.6 Å². The monoisotopic (exact) mass is 623 g/mol. The van der Waals surface area contributed by atoms with Crippen LogP contribution in [0, 0.1) is 5.92 Å². The Morgan fingerprint density at radius 3 is 2.27 bits per heavy atom. The van der Waals surface area contributed by atoms with Gasteiger partial charge in [0.25, 0.3) is 9.70 Å². The van der Waals surface area contributed by atoms with E-state index in [0.29, 0.717) is 5.75 Å². The van der Waals surface area contributed by atoms with E-state index in [1.165, 1.54) is 0 Å². The molecule has 10 heteroatoms. The molecular weight excluding hydrogens is 593 g/mol. The number of thioether (sulfide) groups is 1. The lowest BCUT2D eigenvalue weighted by Crippen LogP contribution is -2.38. The number of hydrogen-bond donors (Lipinski definition) is 3. The number of hydrogen-bond acceptors (Lipinski definition) is 6. The van der Waals surface area contributed by atoms with Crippen molar-refractivity contribution in [3.63, 3.8) is 0 Å². The third-order valence-corrected chi connectivity index (χ3v) is 8.35. The van der Waals surface area contributed by atoms with Crippen molar-refractivity contribution in [3.8, 4) is 11.1 Å².